The Kier molecular flexibility index (Phi) is 4.63. The van der Waals surface area contributed by atoms with Crippen LogP contribution in [0.25, 0.3) is 6.08 Å². The van der Waals surface area contributed by atoms with Gasteiger partial charge in [0.15, 0.2) is 11.5 Å². The van der Waals surface area contributed by atoms with E-state index in [1.54, 1.807) is 19.1 Å². The van der Waals surface area contributed by atoms with Gasteiger partial charge in [-0.05, 0) is 26.0 Å². The minimum Gasteiger partial charge on any atom is -0.490 e. The summed E-state index contributed by atoms with van der Waals surface area (Å²) >= 11 is 0. The van der Waals surface area contributed by atoms with Gasteiger partial charge in [-0.2, -0.15) is 13.2 Å². The van der Waals surface area contributed by atoms with Gasteiger partial charge in [0.2, 0.25) is 6.10 Å². The number of fused-ring (bicyclic) bond motifs is 1. The van der Waals surface area contributed by atoms with Crippen molar-refractivity contribution in [3.05, 3.63) is 29.3 Å². The Morgan fingerprint density at radius 1 is 1.27 bits per heavy atom. The molecule has 22 heavy (non-hydrogen) atoms. The summed E-state index contributed by atoms with van der Waals surface area (Å²) < 4.78 is 54.6. The minimum absolute atomic E-state index is 0.0212. The van der Waals surface area contributed by atoms with Crippen LogP contribution >= 0.6 is 0 Å². The first-order valence-corrected chi connectivity index (χ1v) is 6.76. The van der Waals surface area contributed by atoms with Gasteiger partial charge < -0.3 is 14.2 Å². The quantitative estimate of drug-likeness (QED) is 0.799. The van der Waals surface area contributed by atoms with Crippen molar-refractivity contribution in [3.63, 3.8) is 0 Å². The minimum atomic E-state index is -4.74. The SMILES string of the molecule is CCOC(=O)C1=Cc2cccc(OCC)c2OC1C(F)(F)F. The Labute approximate surface area is 125 Å². The van der Waals surface area contributed by atoms with Crippen molar-refractivity contribution in [1.82, 2.24) is 0 Å². The molecule has 1 heterocycles. The van der Waals surface area contributed by atoms with Gasteiger partial charge in [0, 0.05) is 5.56 Å². The van der Waals surface area contributed by atoms with Crippen LogP contribution in [0.15, 0.2) is 23.8 Å². The molecule has 0 spiro atoms. The van der Waals surface area contributed by atoms with Gasteiger partial charge >= 0.3 is 12.1 Å². The van der Waals surface area contributed by atoms with Gasteiger partial charge in [-0.25, -0.2) is 4.79 Å². The largest absolute Gasteiger partial charge is 0.490 e. The van der Waals surface area contributed by atoms with E-state index < -0.39 is 23.8 Å². The van der Waals surface area contributed by atoms with Crippen molar-refractivity contribution in [3.8, 4) is 11.5 Å². The Morgan fingerprint density at radius 3 is 2.59 bits per heavy atom. The van der Waals surface area contributed by atoms with Crippen LogP contribution in [0.2, 0.25) is 0 Å². The fraction of sp³-hybridized carbons (Fsp3) is 0.400. The Morgan fingerprint density at radius 2 is 2.00 bits per heavy atom. The van der Waals surface area contributed by atoms with E-state index >= 15 is 0 Å². The van der Waals surface area contributed by atoms with Crippen molar-refractivity contribution in [2.24, 2.45) is 0 Å². The standard InChI is InChI=1S/C15H15F3O4/c1-3-20-11-7-5-6-9-8-10(14(19)21-4-2)13(15(16,17)18)22-12(9)11/h5-8,13H,3-4H2,1-2H3. The van der Waals surface area contributed by atoms with Gasteiger partial charge in [-0.1, -0.05) is 12.1 Å². The van der Waals surface area contributed by atoms with Crippen molar-refractivity contribution < 1.29 is 32.2 Å². The van der Waals surface area contributed by atoms with Gasteiger partial charge in [0.1, 0.15) is 0 Å². The highest BCUT2D eigenvalue weighted by Crippen LogP contribution is 2.42. The first-order valence-electron chi connectivity index (χ1n) is 6.76. The summed E-state index contributed by atoms with van der Waals surface area (Å²) in [6.07, 6.45) is -5.98. The number of esters is 1. The normalized spacial score (nSPS) is 17.1. The molecule has 0 amide bonds. The van der Waals surface area contributed by atoms with Crippen molar-refractivity contribution in [1.29, 1.82) is 0 Å². The summed E-state index contributed by atoms with van der Waals surface area (Å²) in [6, 6.07) is 4.67. The molecular formula is C15H15F3O4. The van der Waals surface area contributed by atoms with Crippen LogP contribution in [0.1, 0.15) is 19.4 Å². The number of hydrogen-bond acceptors (Lipinski definition) is 4. The highest BCUT2D eigenvalue weighted by atomic mass is 19.4. The highest BCUT2D eigenvalue weighted by molar-refractivity contribution is 5.96. The lowest BCUT2D eigenvalue weighted by Gasteiger charge is -2.28. The third-order valence-corrected chi connectivity index (χ3v) is 2.95. The number of para-hydroxylation sites is 1. The summed E-state index contributed by atoms with van der Waals surface area (Å²) in [5.41, 5.74) is -0.231. The summed E-state index contributed by atoms with van der Waals surface area (Å²) in [4.78, 5) is 11.8. The Hall–Kier alpha value is -2.18. The maximum Gasteiger partial charge on any atom is 0.430 e. The van der Waals surface area contributed by atoms with Gasteiger partial charge in [0.25, 0.3) is 0 Å². The van der Waals surface area contributed by atoms with Crippen LogP contribution < -0.4 is 9.47 Å². The molecule has 0 bridgehead atoms. The molecule has 4 nitrogen and oxygen atoms in total. The molecule has 0 radical (unpaired) electrons. The van der Waals surface area contributed by atoms with Crippen molar-refractivity contribution in [2.75, 3.05) is 13.2 Å². The second-order valence-electron chi connectivity index (χ2n) is 4.47. The van der Waals surface area contributed by atoms with Crippen LogP contribution in [-0.2, 0) is 9.53 Å². The molecule has 1 aromatic carbocycles. The molecule has 0 aromatic heterocycles. The molecule has 2 rings (SSSR count). The molecule has 0 aliphatic carbocycles. The van der Waals surface area contributed by atoms with E-state index in [-0.39, 0.29) is 24.7 Å². The molecule has 1 aliphatic rings. The van der Waals surface area contributed by atoms with E-state index in [4.69, 9.17) is 9.47 Å². The zero-order valence-electron chi connectivity index (χ0n) is 12.1. The second kappa shape index (κ2) is 6.29. The first kappa shape index (κ1) is 16.2. The van der Waals surface area contributed by atoms with Crippen LogP contribution in [0.4, 0.5) is 13.2 Å². The summed E-state index contributed by atoms with van der Waals surface area (Å²) in [5, 5.41) is 0. The average Bonchev–Trinajstić information content (AvgIpc) is 2.46. The number of carbonyl (C=O) groups excluding carboxylic acids is 1. The molecule has 0 saturated heterocycles. The van der Waals surface area contributed by atoms with Crippen LogP contribution in [0.3, 0.4) is 0 Å². The molecular weight excluding hydrogens is 301 g/mol. The number of carbonyl (C=O) groups is 1. The molecule has 0 saturated carbocycles. The summed E-state index contributed by atoms with van der Waals surface area (Å²) in [6.45, 7) is 3.49. The fourth-order valence-corrected chi connectivity index (χ4v) is 2.09. The number of hydrogen-bond donors (Lipinski definition) is 0. The molecule has 1 unspecified atom stereocenters. The highest BCUT2D eigenvalue weighted by Gasteiger charge is 2.49. The van der Waals surface area contributed by atoms with Crippen LogP contribution in [0.5, 0.6) is 11.5 Å². The number of ether oxygens (including phenoxy) is 3. The maximum absolute atomic E-state index is 13.2. The molecule has 120 valence electrons. The van der Waals surface area contributed by atoms with Crippen molar-refractivity contribution >= 4 is 12.0 Å². The molecule has 0 N–H and O–H groups in total. The first-order chi connectivity index (χ1) is 10.4. The predicted molar refractivity (Wildman–Crippen MR) is 72.7 cm³/mol. The molecule has 7 heteroatoms. The van der Waals surface area contributed by atoms with E-state index in [2.05, 4.69) is 4.74 Å². The van der Waals surface area contributed by atoms with E-state index in [0.717, 1.165) is 6.08 Å². The second-order valence-corrected chi connectivity index (χ2v) is 4.47. The third kappa shape index (κ3) is 3.18. The average molecular weight is 316 g/mol. The molecule has 1 atom stereocenters. The fourth-order valence-electron chi connectivity index (χ4n) is 2.09. The number of halogens is 3. The van der Waals surface area contributed by atoms with Gasteiger partial charge in [-0.15, -0.1) is 0 Å². The molecule has 1 aromatic rings. The zero-order chi connectivity index (χ0) is 16.3. The van der Waals surface area contributed by atoms with E-state index in [9.17, 15) is 18.0 Å². The molecule has 1 aliphatic heterocycles. The van der Waals surface area contributed by atoms with Crippen LogP contribution in [0, 0.1) is 0 Å². The number of benzene rings is 1. The predicted octanol–water partition coefficient (Wildman–Crippen LogP) is 3.36. The lowest BCUT2D eigenvalue weighted by Crippen LogP contribution is -2.40. The van der Waals surface area contributed by atoms with E-state index in [1.165, 1.54) is 13.0 Å². The maximum atomic E-state index is 13.2. The summed E-state index contributed by atoms with van der Waals surface area (Å²) in [7, 11) is 0. The van der Waals surface area contributed by atoms with Crippen molar-refractivity contribution in [2.45, 2.75) is 26.1 Å². The Balaban J connectivity index is 2.50. The third-order valence-electron chi connectivity index (χ3n) is 2.95. The topological polar surface area (TPSA) is 44.8 Å². The smallest absolute Gasteiger partial charge is 0.430 e. The van der Waals surface area contributed by atoms with Crippen LogP contribution in [-0.4, -0.2) is 31.5 Å². The Bertz CT molecular complexity index is 593. The van der Waals surface area contributed by atoms with Gasteiger partial charge in [-0.3, -0.25) is 0 Å². The molecule has 0 fully saturated rings. The summed E-state index contributed by atoms with van der Waals surface area (Å²) in [5.74, 6) is -0.870. The number of rotatable bonds is 4. The monoisotopic (exact) mass is 316 g/mol. The number of alkyl halides is 3. The van der Waals surface area contributed by atoms with E-state index in [0.29, 0.717) is 5.56 Å². The lowest BCUT2D eigenvalue weighted by atomic mass is 10.0. The zero-order valence-corrected chi connectivity index (χ0v) is 12.1. The van der Waals surface area contributed by atoms with E-state index in [1.807, 2.05) is 0 Å². The van der Waals surface area contributed by atoms with Gasteiger partial charge in [0.05, 0.1) is 18.8 Å². The lowest BCUT2D eigenvalue weighted by molar-refractivity contribution is -0.188.